The molecule has 6 atom stereocenters. The van der Waals surface area contributed by atoms with Crippen molar-refractivity contribution in [3.05, 3.63) is 12.2 Å². The van der Waals surface area contributed by atoms with Crippen LogP contribution in [0.15, 0.2) is 12.2 Å². The number of hydrogen-bond acceptors (Lipinski definition) is 1. The van der Waals surface area contributed by atoms with E-state index >= 15 is 0 Å². The highest BCUT2D eigenvalue weighted by Crippen LogP contribution is 2.70. The van der Waals surface area contributed by atoms with Gasteiger partial charge in [0.05, 0.1) is 5.41 Å². The first-order valence-electron chi connectivity index (χ1n) is 6.14. The normalized spacial score (nSPS) is 58.8. The largest absolute Gasteiger partial charge is 0.481 e. The van der Waals surface area contributed by atoms with Gasteiger partial charge in [-0.3, -0.25) is 4.79 Å². The van der Waals surface area contributed by atoms with E-state index in [1.54, 1.807) is 0 Å². The Morgan fingerprint density at radius 3 is 2.93 bits per heavy atom. The van der Waals surface area contributed by atoms with Crippen LogP contribution < -0.4 is 0 Å². The molecule has 2 nitrogen and oxygen atoms in total. The van der Waals surface area contributed by atoms with Crippen LogP contribution in [0.25, 0.3) is 0 Å². The fraction of sp³-hybridized carbons (Fsp3) is 0.769. The summed E-state index contributed by atoms with van der Waals surface area (Å²) in [6.07, 6.45) is 9.02. The summed E-state index contributed by atoms with van der Waals surface area (Å²) in [7, 11) is 0. The molecule has 4 bridgehead atoms. The zero-order chi connectivity index (χ0) is 10.2. The molecule has 0 heterocycles. The first kappa shape index (κ1) is 8.37. The van der Waals surface area contributed by atoms with Crippen molar-refractivity contribution >= 4 is 5.97 Å². The van der Waals surface area contributed by atoms with Gasteiger partial charge in [-0.05, 0) is 55.3 Å². The molecule has 6 unspecified atom stereocenters. The van der Waals surface area contributed by atoms with Crippen molar-refractivity contribution in [3.8, 4) is 0 Å². The van der Waals surface area contributed by atoms with E-state index in [4.69, 9.17) is 0 Å². The van der Waals surface area contributed by atoms with Gasteiger partial charge in [0, 0.05) is 0 Å². The van der Waals surface area contributed by atoms with Crippen molar-refractivity contribution in [3.63, 3.8) is 0 Å². The zero-order valence-electron chi connectivity index (χ0n) is 8.73. The summed E-state index contributed by atoms with van der Waals surface area (Å²) in [6.45, 7) is 0. The molecule has 0 saturated heterocycles. The third kappa shape index (κ3) is 0.745. The number of aliphatic carboxylic acids is 1. The predicted molar refractivity (Wildman–Crippen MR) is 55.1 cm³/mol. The number of carboxylic acid groups (broad SMARTS) is 1. The highest BCUT2D eigenvalue weighted by molar-refractivity contribution is 5.76. The van der Waals surface area contributed by atoms with Gasteiger partial charge in [-0.1, -0.05) is 12.2 Å². The van der Waals surface area contributed by atoms with Gasteiger partial charge < -0.3 is 5.11 Å². The van der Waals surface area contributed by atoms with Crippen LogP contribution in [-0.4, -0.2) is 11.1 Å². The van der Waals surface area contributed by atoms with Crippen LogP contribution in [0.3, 0.4) is 0 Å². The minimum absolute atomic E-state index is 0.320. The molecule has 15 heavy (non-hydrogen) atoms. The standard InChI is InChI=1S/C13H16O2/c14-12(15)13-4-3-9(6-13)10-7-1-2-8(5-7)11(10)13/h1-2,7-11H,3-6H2,(H,14,15). The molecule has 4 aliphatic rings. The molecule has 2 heteroatoms. The Hall–Kier alpha value is -0.790. The Balaban J connectivity index is 1.84. The number of carbonyl (C=O) groups is 1. The lowest BCUT2D eigenvalue weighted by atomic mass is 9.66. The van der Waals surface area contributed by atoms with Gasteiger partial charge in [-0.25, -0.2) is 0 Å². The second-order valence-corrected chi connectivity index (χ2v) is 6.02. The van der Waals surface area contributed by atoms with Crippen molar-refractivity contribution in [2.75, 3.05) is 0 Å². The summed E-state index contributed by atoms with van der Waals surface area (Å²) in [5.41, 5.74) is -0.320. The van der Waals surface area contributed by atoms with Crippen molar-refractivity contribution in [1.29, 1.82) is 0 Å². The van der Waals surface area contributed by atoms with Crippen molar-refractivity contribution in [2.45, 2.75) is 25.7 Å². The molecule has 3 fully saturated rings. The van der Waals surface area contributed by atoms with E-state index in [9.17, 15) is 9.90 Å². The highest BCUT2D eigenvalue weighted by Gasteiger charge is 2.68. The van der Waals surface area contributed by atoms with E-state index in [0.717, 1.165) is 30.6 Å². The second-order valence-electron chi connectivity index (χ2n) is 6.02. The molecule has 0 aromatic carbocycles. The summed E-state index contributed by atoms with van der Waals surface area (Å²) < 4.78 is 0. The molecule has 0 aromatic rings. The van der Waals surface area contributed by atoms with Crippen LogP contribution in [0.1, 0.15) is 25.7 Å². The number of carboxylic acids is 1. The van der Waals surface area contributed by atoms with E-state index in [1.807, 2.05) is 0 Å². The Morgan fingerprint density at radius 2 is 2.13 bits per heavy atom. The Morgan fingerprint density at radius 1 is 1.33 bits per heavy atom. The summed E-state index contributed by atoms with van der Waals surface area (Å²) >= 11 is 0. The van der Waals surface area contributed by atoms with E-state index in [-0.39, 0.29) is 5.41 Å². The molecule has 0 amide bonds. The maximum Gasteiger partial charge on any atom is 0.309 e. The lowest BCUT2D eigenvalue weighted by Crippen LogP contribution is -2.39. The fourth-order valence-electron chi connectivity index (χ4n) is 5.36. The molecule has 80 valence electrons. The Bertz CT molecular complexity index is 373. The lowest BCUT2D eigenvalue weighted by Gasteiger charge is -2.37. The average Bonchev–Trinajstić information content (AvgIpc) is 2.96. The van der Waals surface area contributed by atoms with E-state index < -0.39 is 5.97 Å². The van der Waals surface area contributed by atoms with E-state index in [0.29, 0.717) is 11.8 Å². The van der Waals surface area contributed by atoms with Gasteiger partial charge in [-0.15, -0.1) is 0 Å². The van der Waals surface area contributed by atoms with Crippen LogP contribution in [-0.2, 0) is 4.79 Å². The Labute approximate surface area is 89.4 Å². The summed E-state index contributed by atoms with van der Waals surface area (Å²) in [6, 6.07) is 0. The summed E-state index contributed by atoms with van der Waals surface area (Å²) in [5.74, 6) is 2.77. The van der Waals surface area contributed by atoms with Gasteiger partial charge in [0.25, 0.3) is 0 Å². The third-order valence-electron chi connectivity index (χ3n) is 5.72. The van der Waals surface area contributed by atoms with Crippen LogP contribution in [0.5, 0.6) is 0 Å². The smallest absolute Gasteiger partial charge is 0.309 e. The van der Waals surface area contributed by atoms with Crippen LogP contribution in [0, 0.1) is 35.0 Å². The molecule has 3 saturated carbocycles. The average molecular weight is 204 g/mol. The molecular weight excluding hydrogens is 188 g/mol. The molecule has 4 aliphatic carbocycles. The first-order valence-corrected chi connectivity index (χ1v) is 6.14. The summed E-state index contributed by atoms with van der Waals surface area (Å²) in [5, 5.41) is 9.54. The maximum atomic E-state index is 11.6. The van der Waals surface area contributed by atoms with Crippen molar-refractivity contribution in [1.82, 2.24) is 0 Å². The van der Waals surface area contributed by atoms with Gasteiger partial charge in [-0.2, -0.15) is 0 Å². The SMILES string of the molecule is O=C(O)C12CCC(C1)C1C3C=CC(C3)C12. The highest BCUT2D eigenvalue weighted by atomic mass is 16.4. The minimum atomic E-state index is -0.501. The fourth-order valence-corrected chi connectivity index (χ4v) is 5.36. The molecule has 1 N–H and O–H groups in total. The van der Waals surface area contributed by atoms with Gasteiger partial charge in [0.1, 0.15) is 0 Å². The predicted octanol–water partition coefficient (Wildman–Crippen LogP) is 2.31. The molecule has 0 aliphatic heterocycles. The molecule has 0 radical (unpaired) electrons. The number of rotatable bonds is 1. The Kier molecular flexibility index (Phi) is 1.29. The number of hydrogen-bond donors (Lipinski definition) is 1. The molecule has 0 spiro atoms. The van der Waals surface area contributed by atoms with E-state index in [1.165, 1.54) is 12.8 Å². The van der Waals surface area contributed by atoms with Gasteiger partial charge >= 0.3 is 5.97 Å². The summed E-state index contributed by atoms with van der Waals surface area (Å²) in [4.78, 5) is 11.6. The molecule has 0 aromatic heterocycles. The zero-order valence-corrected chi connectivity index (χ0v) is 8.73. The van der Waals surface area contributed by atoms with E-state index in [2.05, 4.69) is 12.2 Å². The van der Waals surface area contributed by atoms with Crippen molar-refractivity contribution < 1.29 is 9.90 Å². The molecular formula is C13H16O2. The first-order chi connectivity index (χ1) is 7.22. The van der Waals surface area contributed by atoms with Crippen LogP contribution in [0.4, 0.5) is 0 Å². The van der Waals surface area contributed by atoms with Crippen LogP contribution >= 0.6 is 0 Å². The second kappa shape index (κ2) is 2.31. The van der Waals surface area contributed by atoms with Crippen molar-refractivity contribution in [2.24, 2.45) is 35.0 Å². The monoisotopic (exact) mass is 204 g/mol. The molecule has 4 rings (SSSR count). The maximum absolute atomic E-state index is 11.6. The van der Waals surface area contributed by atoms with Gasteiger partial charge in [0.15, 0.2) is 0 Å². The number of fused-ring (bicyclic) bond motifs is 9. The quantitative estimate of drug-likeness (QED) is 0.525. The topological polar surface area (TPSA) is 37.3 Å². The lowest BCUT2D eigenvalue weighted by molar-refractivity contribution is -0.152. The van der Waals surface area contributed by atoms with Crippen LogP contribution in [0.2, 0.25) is 0 Å². The minimum Gasteiger partial charge on any atom is -0.481 e. The third-order valence-corrected chi connectivity index (χ3v) is 5.72. The number of allylic oxidation sites excluding steroid dienone is 2. The van der Waals surface area contributed by atoms with Gasteiger partial charge in [0.2, 0.25) is 0 Å².